The van der Waals surface area contributed by atoms with Crippen LogP contribution in [0.25, 0.3) is 0 Å². The first-order valence-corrected chi connectivity index (χ1v) is 8.34. The van der Waals surface area contributed by atoms with Gasteiger partial charge < -0.3 is 5.32 Å². The number of halogens is 3. The molecule has 0 unspecified atom stereocenters. The number of nitrogens with zero attached hydrogens (tertiary/aromatic N) is 1. The van der Waals surface area contributed by atoms with Gasteiger partial charge in [0, 0.05) is 0 Å². The third-order valence-electron chi connectivity index (χ3n) is 2.81. The highest BCUT2D eigenvalue weighted by Gasteiger charge is 2.14. The first kappa shape index (κ1) is 17.1. The van der Waals surface area contributed by atoms with Gasteiger partial charge in [0.1, 0.15) is 5.82 Å². The van der Waals surface area contributed by atoms with E-state index in [1.165, 1.54) is 18.3 Å². The summed E-state index contributed by atoms with van der Waals surface area (Å²) in [7, 11) is -3.46. The molecule has 1 aromatic heterocycles. The van der Waals surface area contributed by atoms with Crippen LogP contribution >= 0.6 is 0 Å². The SMILES string of the molecule is CCCS(=O)(=O)Nc1ccc(Nc2ccc(F)c(F)c2F)cn1. The Morgan fingerprint density at radius 1 is 1.09 bits per heavy atom. The van der Waals surface area contributed by atoms with Gasteiger partial charge in [-0.25, -0.2) is 26.6 Å². The Balaban J connectivity index is 2.13. The molecule has 0 aliphatic rings. The molecule has 1 heterocycles. The molecule has 0 spiro atoms. The first-order chi connectivity index (χ1) is 10.8. The topological polar surface area (TPSA) is 71.1 Å². The predicted molar refractivity (Wildman–Crippen MR) is 81.5 cm³/mol. The molecule has 0 fully saturated rings. The lowest BCUT2D eigenvalue weighted by Crippen LogP contribution is -2.16. The summed E-state index contributed by atoms with van der Waals surface area (Å²) in [5.41, 5.74) is 0.0263. The maximum absolute atomic E-state index is 13.5. The highest BCUT2D eigenvalue weighted by molar-refractivity contribution is 7.92. The minimum Gasteiger partial charge on any atom is -0.352 e. The van der Waals surface area contributed by atoms with Gasteiger partial charge >= 0.3 is 0 Å². The van der Waals surface area contributed by atoms with Crippen LogP contribution in [0.2, 0.25) is 0 Å². The molecular formula is C14H14F3N3O2S. The Morgan fingerprint density at radius 3 is 2.43 bits per heavy atom. The molecule has 1 aromatic carbocycles. The van der Waals surface area contributed by atoms with Gasteiger partial charge in [0.15, 0.2) is 17.5 Å². The van der Waals surface area contributed by atoms with Crippen LogP contribution in [0.5, 0.6) is 0 Å². The zero-order chi connectivity index (χ0) is 17.0. The molecule has 124 valence electrons. The van der Waals surface area contributed by atoms with E-state index in [2.05, 4.69) is 15.0 Å². The third-order valence-corrected chi connectivity index (χ3v) is 4.28. The number of sulfonamides is 1. The average Bonchev–Trinajstić information content (AvgIpc) is 2.49. The lowest BCUT2D eigenvalue weighted by Gasteiger charge is -2.10. The second-order valence-corrected chi connectivity index (χ2v) is 6.54. The van der Waals surface area contributed by atoms with E-state index in [9.17, 15) is 21.6 Å². The van der Waals surface area contributed by atoms with Gasteiger partial charge in [-0.1, -0.05) is 6.92 Å². The molecule has 0 amide bonds. The Labute approximate surface area is 131 Å². The minimum absolute atomic E-state index is 0.0330. The van der Waals surface area contributed by atoms with Crippen LogP contribution in [-0.2, 0) is 10.0 Å². The Kier molecular flexibility index (Phi) is 5.09. The van der Waals surface area contributed by atoms with Crippen LogP contribution in [-0.4, -0.2) is 19.2 Å². The van der Waals surface area contributed by atoms with Crippen LogP contribution in [0.3, 0.4) is 0 Å². The monoisotopic (exact) mass is 345 g/mol. The van der Waals surface area contributed by atoms with Gasteiger partial charge in [-0.05, 0) is 30.7 Å². The molecule has 5 nitrogen and oxygen atoms in total. The van der Waals surface area contributed by atoms with E-state index in [1.807, 2.05) is 0 Å². The van der Waals surface area contributed by atoms with Crippen molar-refractivity contribution in [2.24, 2.45) is 0 Å². The summed E-state index contributed by atoms with van der Waals surface area (Å²) < 4.78 is 65.0. The lowest BCUT2D eigenvalue weighted by atomic mass is 10.2. The number of anilines is 3. The smallest absolute Gasteiger partial charge is 0.233 e. The Morgan fingerprint density at radius 2 is 1.83 bits per heavy atom. The van der Waals surface area contributed by atoms with Crippen LogP contribution in [0.1, 0.15) is 13.3 Å². The molecule has 23 heavy (non-hydrogen) atoms. The molecule has 9 heteroatoms. The number of hydrogen-bond acceptors (Lipinski definition) is 4. The minimum atomic E-state index is -3.46. The maximum Gasteiger partial charge on any atom is 0.233 e. The molecule has 0 saturated carbocycles. The highest BCUT2D eigenvalue weighted by atomic mass is 32.2. The Hall–Kier alpha value is -2.29. The number of hydrogen-bond donors (Lipinski definition) is 2. The van der Waals surface area contributed by atoms with Gasteiger partial charge in [0.2, 0.25) is 10.0 Å². The fourth-order valence-corrected chi connectivity index (χ4v) is 2.86. The third kappa shape index (κ3) is 4.35. The fourth-order valence-electron chi connectivity index (χ4n) is 1.79. The van der Waals surface area contributed by atoms with Crippen molar-refractivity contribution in [3.8, 4) is 0 Å². The molecule has 0 radical (unpaired) electrons. The van der Waals surface area contributed by atoms with Crippen LogP contribution in [0.15, 0.2) is 30.5 Å². The van der Waals surface area contributed by atoms with Crippen molar-refractivity contribution in [1.82, 2.24) is 4.98 Å². The Bertz CT molecular complexity index is 796. The molecule has 0 atom stereocenters. The molecule has 2 aromatic rings. The van der Waals surface area contributed by atoms with E-state index in [0.717, 1.165) is 12.1 Å². The number of pyridine rings is 1. The summed E-state index contributed by atoms with van der Waals surface area (Å²) in [6, 6.07) is 4.64. The zero-order valence-electron chi connectivity index (χ0n) is 12.1. The van der Waals surface area contributed by atoms with E-state index >= 15 is 0 Å². The van der Waals surface area contributed by atoms with Crippen molar-refractivity contribution in [3.05, 3.63) is 47.9 Å². The summed E-state index contributed by atoms with van der Waals surface area (Å²) >= 11 is 0. The predicted octanol–water partition coefficient (Wildman–Crippen LogP) is 3.39. The zero-order valence-corrected chi connectivity index (χ0v) is 12.9. The molecule has 2 N–H and O–H groups in total. The molecule has 0 aliphatic heterocycles. The summed E-state index contributed by atoms with van der Waals surface area (Å²) in [6.07, 6.45) is 1.70. The number of rotatable bonds is 6. The number of aromatic nitrogens is 1. The maximum atomic E-state index is 13.5. The standard InChI is InChI=1S/C14H14F3N3O2S/c1-2-7-23(21,22)20-12-6-3-9(8-18-12)19-11-5-4-10(15)13(16)14(11)17/h3-6,8,19H,2,7H2,1H3,(H,18,20). The number of benzene rings is 1. The van der Waals surface area contributed by atoms with Crippen LogP contribution < -0.4 is 10.0 Å². The second kappa shape index (κ2) is 6.86. The second-order valence-electron chi connectivity index (χ2n) is 4.70. The van der Waals surface area contributed by atoms with Gasteiger partial charge in [-0.3, -0.25) is 4.72 Å². The number of nitrogens with one attached hydrogen (secondary N) is 2. The lowest BCUT2D eigenvalue weighted by molar-refractivity contribution is 0.449. The van der Waals surface area contributed by atoms with E-state index in [4.69, 9.17) is 0 Å². The van der Waals surface area contributed by atoms with Gasteiger partial charge in [-0.15, -0.1) is 0 Å². The molecule has 0 saturated heterocycles. The van der Waals surface area contributed by atoms with Crippen molar-refractivity contribution in [2.45, 2.75) is 13.3 Å². The van der Waals surface area contributed by atoms with Crippen LogP contribution in [0, 0.1) is 17.5 Å². The summed E-state index contributed by atoms with van der Waals surface area (Å²) in [6.45, 7) is 1.73. The van der Waals surface area contributed by atoms with Crippen LogP contribution in [0.4, 0.5) is 30.4 Å². The molecule has 2 rings (SSSR count). The fraction of sp³-hybridized carbons (Fsp3) is 0.214. The summed E-state index contributed by atoms with van der Waals surface area (Å²) in [5, 5.41) is 2.53. The van der Waals surface area contributed by atoms with E-state index in [0.29, 0.717) is 6.42 Å². The van der Waals surface area contributed by atoms with Crippen molar-refractivity contribution in [3.63, 3.8) is 0 Å². The molecular weight excluding hydrogens is 331 g/mol. The van der Waals surface area contributed by atoms with Gasteiger partial charge in [0.05, 0.1) is 23.3 Å². The van der Waals surface area contributed by atoms with Gasteiger partial charge in [-0.2, -0.15) is 0 Å². The van der Waals surface area contributed by atoms with E-state index < -0.39 is 27.5 Å². The molecule has 0 bridgehead atoms. The molecule has 0 aliphatic carbocycles. The van der Waals surface area contributed by atoms with Crippen molar-refractivity contribution in [1.29, 1.82) is 0 Å². The quantitative estimate of drug-likeness (QED) is 0.787. The largest absolute Gasteiger partial charge is 0.352 e. The first-order valence-electron chi connectivity index (χ1n) is 6.69. The summed E-state index contributed by atoms with van der Waals surface area (Å²) in [4.78, 5) is 3.87. The summed E-state index contributed by atoms with van der Waals surface area (Å²) in [5.74, 6) is -4.14. The highest BCUT2D eigenvalue weighted by Crippen LogP contribution is 2.23. The van der Waals surface area contributed by atoms with Gasteiger partial charge in [0.25, 0.3) is 0 Å². The van der Waals surface area contributed by atoms with E-state index in [1.54, 1.807) is 6.92 Å². The average molecular weight is 345 g/mol. The van der Waals surface area contributed by atoms with Crippen molar-refractivity contribution in [2.75, 3.05) is 15.8 Å². The normalized spacial score (nSPS) is 11.3. The van der Waals surface area contributed by atoms with Crippen molar-refractivity contribution < 1.29 is 21.6 Å². The van der Waals surface area contributed by atoms with E-state index in [-0.39, 0.29) is 22.9 Å². The van der Waals surface area contributed by atoms with Crippen molar-refractivity contribution >= 4 is 27.2 Å².